The first-order chi connectivity index (χ1) is 12.7. The number of benzene rings is 1. The molecule has 2 aliphatic rings. The second-order valence-corrected chi connectivity index (χ2v) is 10.1. The number of hydrogen-bond donors (Lipinski definition) is 1. The molecule has 1 aromatic carbocycles. The topological polar surface area (TPSA) is 99.8 Å². The minimum absolute atomic E-state index is 0.0708. The molecule has 1 aliphatic carbocycles. The Morgan fingerprint density at radius 2 is 1.74 bits per heavy atom. The van der Waals surface area contributed by atoms with Gasteiger partial charge in [0.25, 0.3) is 0 Å². The van der Waals surface area contributed by atoms with Crippen LogP contribution in [-0.2, 0) is 10.0 Å². The van der Waals surface area contributed by atoms with Crippen molar-refractivity contribution in [3.8, 4) is 0 Å². The third-order valence-corrected chi connectivity index (χ3v) is 8.21. The van der Waals surface area contributed by atoms with Crippen LogP contribution < -0.4 is 0 Å². The van der Waals surface area contributed by atoms with Gasteiger partial charge in [-0.25, -0.2) is 13.0 Å². The largest absolute Gasteiger partial charge is 0.391 e. The summed E-state index contributed by atoms with van der Waals surface area (Å²) >= 11 is 0. The Bertz CT molecular complexity index is 971. The highest BCUT2D eigenvalue weighted by Crippen LogP contribution is 2.41. The summed E-state index contributed by atoms with van der Waals surface area (Å²) in [6.07, 6.45) is 1.02. The van der Waals surface area contributed by atoms with E-state index in [4.69, 9.17) is 4.63 Å². The standard InChI is InChI=1S/C18H26N4O4S/c1-10-5-11(2)18(17-16(10)19-26-20-17)27(24,25)22-8-12-6-14(21(3)4)15(23)7-13(12)9-22/h5,12-15,23H,6-9H2,1-4H3/t12-,13+,14-,15-/m1/s1. The Morgan fingerprint density at radius 1 is 1.11 bits per heavy atom. The lowest BCUT2D eigenvalue weighted by molar-refractivity contribution is 0.00941. The molecule has 148 valence electrons. The third kappa shape index (κ3) is 2.97. The van der Waals surface area contributed by atoms with Gasteiger partial charge in [-0.1, -0.05) is 6.07 Å². The van der Waals surface area contributed by atoms with Crippen LogP contribution in [0.25, 0.3) is 11.0 Å². The SMILES string of the molecule is Cc1cc(C)c2nonc2c1S(=O)(=O)N1C[C@H]2C[C@@H](N(C)C)[C@H](O)C[C@H]2C1. The summed E-state index contributed by atoms with van der Waals surface area (Å²) in [6.45, 7) is 4.56. The van der Waals surface area contributed by atoms with Gasteiger partial charge in [0.1, 0.15) is 10.4 Å². The average Bonchev–Trinajstić information content (AvgIpc) is 3.20. The van der Waals surface area contributed by atoms with Crippen molar-refractivity contribution >= 4 is 21.1 Å². The Hall–Kier alpha value is -1.55. The second-order valence-electron chi connectivity index (χ2n) is 8.21. The fourth-order valence-corrected chi connectivity index (χ4v) is 6.69. The molecule has 2 heterocycles. The molecule has 27 heavy (non-hydrogen) atoms. The first-order valence-corrected chi connectivity index (χ1v) is 10.7. The van der Waals surface area contributed by atoms with Crippen LogP contribution in [-0.4, -0.2) is 72.4 Å². The van der Waals surface area contributed by atoms with Crippen molar-refractivity contribution in [1.82, 2.24) is 19.5 Å². The summed E-state index contributed by atoms with van der Waals surface area (Å²) in [5.74, 6) is 0.440. The summed E-state index contributed by atoms with van der Waals surface area (Å²) < 4.78 is 33.3. The van der Waals surface area contributed by atoms with E-state index in [-0.39, 0.29) is 22.8 Å². The fourth-order valence-electron chi connectivity index (χ4n) is 4.81. The number of aliphatic hydroxyl groups excluding tert-OH is 1. The smallest absolute Gasteiger partial charge is 0.245 e. The van der Waals surface area contributed by atoms with E-state index in [0.29, 0.717) is 36.1 Å². The Morgan fingerprint density at radius 3 is 2.41 bits per heavy atom. The van der Waals surface area contributed by atoms with Crippen molar-refractivity contribution in [1.29, 1.82) is 0 Å². The minimum atomic E-state index is -3.72. The summed E-state index contributed by atoms with van der Waals surface area (Å²) in [6, 6.07) is 1.88. The van der Waals surface area contributed by atoms with Crippen molar-refractivity contribution in [3.63, 3.8) is 0 Å². The average molecular weight is 394 g/mol. The van der Waals surface area contributed by atoms with E-state index in [1.807, 2.05) is 32.0 Å². The Kier molecular flexibility index (Phi) is 4.53. The van der Waals surface area contributed by atoms with Crippen LogP contribution in [0.15, 0.2) is 15.6 Å². The van der Waals surface area contributed by atoms with Crippen molar-refractivity contribution in [3.05, 3.63) is 17.2 Å². The molecular weight excluding hydrogens is 368 g/mol. The molecule has 1 saturated heterocycles. The number of likely N-dealkylation sites (N-methyl/N-ethyl adjacent to an activating group) is 1. The van der Waals surface area contributed by atoms with Gasteiger partial charge in [-0.2, -0.15) is 4.31 Å². The molecule has 2 fully saturated rings. The maximum atomic E-state index is 13.5. The molecule has 1 aliphatic heterocycles. The number of rotatable bonds is 3. The van der Waals surface area contributed by atoms with Crippen molar-refractivity contribution < 1.29 is 18.2 Å². The van der Waals surface area contributed by atoms with Crippen molar-refractivity contribution in [2.75, 3.05) is 27.2 Å². The maximum Gasteiger partial charge on any atom is 0.245 e. The molecule has 4 atom stereocenters. The molecule has 0 unspecified atom stereocenters. The van der Waals surface area contributed by atoms with Gasteiger partial charge in [0.15, 0.2) is 5.52 Å². The van der Waals surface area contributed by atoms with Crippen LogP contribution in [0.3, 0.4) is 0 Å². The lowest BCUT2D eigenvalue weighted by Gasteiger charge is -2.38. The van der Waals surface area contributed by atoms with Crippen LogP contribution in [0.5, 0.6) is 0 Å². The number of nitrogens with zero attached hydrogens (tertiary/aromatic N) is 4. The van der Waals surface area contributed by atoms with Gasteiger partial charge in [0.05, 0.1) is 6.10 Å². The maximum absolute atomic E-state index is 13.5. The van der Waals surface area contributed by atoms with Gasteiger partial charge in [0, 0.05) is 19.1 Å². The zero-order valence-electron chi connectivity index (χ0n) is 16.1. The van der Waals surface area contributed by atoms with Crippen LogP contribution in [0.4, 0.5) is 0 Å². The van der Waals surface area contributed by atoms with Crippen molar-refractivity contribution in [2.45, 2.75) is 43.7 Å². The molecule has 1 aromatic heterocycles. The summed E-state index contributed by atoms with van der Waals surface area (Å²) in [7, 11) is 0.199. The Balaban J connectivity index is 1.68. The van der Waals surface area contributed by atoms with Gasteiger partial charge in [0.2, 0.25) is 10.0 Å². The van der Waals surface area contributed by atoms with Gasteiger partial charge in [-0.3, -0.25) is 0 Å². The van der Waals surface area contributed by atoms with Gasteiger partial charge in [-0.15, -0.1) is 0 Å². The number of sulfonamides is 1. The highest BCUT2D eigenvalue weighted by atomic mass is 32.2. The zero-order valence-corrected chi connectivity index (χ0v) is 16.9. The van der Waals surface area contributed by atoms with Crippen LogP contribution in [0.2, 0.25) is 0 Å². The van der Waals surface area contributed by atoms with E-state index in [2.05, 4.69) is 10.3 Å². The van der Waals surface area contributed by atoms with Crippen LogP contribution >= 0.6 is 0 Å². The lowest BCUT2D eigenvalue weighted by Crippen LogP contribution is -2.46. The number of aryl methyl sites for hydroxylation is 2. The lowest BCUT2D eigenvalue weighted by atomic mass is 9.77. The molecule has 0 radical (unpaired) electrons. The molecule has 0 amide bonds. The first-order valence-electron chi connectivity index (χ1n) is 9.27. The molecule has 1 saturated carbocycles. The molecule has 9 heteroatoms. The monoisotopic (exact) mass is 394 g/mol. The molecule has 8 nitrogen and oxygen atoms in total. The highest BCUT2D eigenvalue weighted by Gasteiger charge is 2.46. The number of aliphatic hydroxyl groups is 1. The van der Waals surface area contributed by atoms with E-state index < -0.39 is 16.1 Å². The summed E-state index contributed by atoms with van der Waals surface area (Å²) in [4.78, 5) is 2.22. The highest BCUT2D eigenvalue weighted by molar-refractivity contribution is 7.89. The first kappa shape index (κ1) is 18.8. The molecule has 2 aromatic rings. The minimum Gasteiger partial charge on any atom is -0.391 e. The molecule has 0 bridgehead atoms. The van der Waals surface area contributed by atoms with E-state index in [0.717, 1.165) is 12.0 Å². The Labute approximate surface area is 159 Å². The quantitative estimate of drug-likeness (QED) is 0.834. The normalized spacial score (nSPS) is 29.6. The van der Waals surface area contributed by atoms with E-state index in [1.54, 1.807) is 11.2 Å². The molecule has 1 N–H and O–H groups in total. The van der Waals surface area contributed by atoms with E-state index in [1.165, 1.54) is 0 Å². The predicted octanol–water partition coefficient (Wildman–Crippen LogP) is 1.16. The third-order valence-electron chi connectivity index (χ3n) is 6.21. The number of hydrogen-bond acceptors (Lipinski definition) is 7. The van der Waals surface area contributed by atoms with Crippen LogP contribution in [0.1, 0.15) is 24.0 Å². The van der Waals surface area contributed by atoms with Crippen LogP contribution in [0, 0.1) is 25.7 Å². The van der Waals surface area contributed by atoms with Gasteiger partial charge in [-0.05, 0) is 74.1 Å². The number of aromatic nitrogens is 2. The van der Waals surface area contributed by atoms with Gasteiger partial charge < -0.3 is 10.0 Å². The number of fused-ring (bicyclic) bond motifs is 2. The van der Waals surface area contributed by atoms with Gasteiger partial charge >= 0.3 is 0 Å². The van der Waals surface area contributed by atoms with E-state index in [9.17, 15) is 13.5 Å². The van der Waals surface area contributed by atoms with Crippen molar-refractivity contribution in [2.24, 2.45) is 11.8 Å². The fraction of sp³-hybridized carbons (Fsp3) is 0.667. The summed E-state index contributed by atoms with van der Waals surface area (Å²) in [5.41, 5.74) is 2.28. The molecule has 4 rings (SSSR count). The summed E-state index contributed by atoms with van der Waals surface area (Å²) in [5, 5.41) is 18.2. The zero-order chi connectivity index (χ0) is 19.5. The second kappa shape index (κ2) is 6.51. The molecule has 0 spiro atoms. The van der Waals surface area contributed by atoms with E-state index >= 15 is 0 Å². The predicted molar refractivity (Wildman–Crippen MR) is 99.7 cm³/mol. The molecular formula is C18H26N4O4S.